The summed E-state index contributed by atoms with van der Waals surface area (Å²) in [6.45, 7) is 0.802. The third kappa shape index (κ3) is 2.48. The highest BCUT2D eigenvalue weighted by molar-refractivity contribution is 5.41. The lowest BCUT2D eigenvalue weighted by Crippen LogP contribution is -2.00. The van der Waals surface area contributed by atoms with Crippen molar-refractivity contribution in [2.45, 2.75) is 18.8 Å². The molecule has 0 aliphatic carbocycles. The van der Waals surface area contributed by atoms with Crippen molar-refractivity contribution < 1.29 is 4.74 Å². The van der Waals surface area contributed by atoms with Crippen molar-refractivity contribution in [1.29, 1.82) is 0 Å². The normalized spacial score (nSPS) is 14.3. The molecule has 0 saturated carbocycles. The molecule has 0 amide bonds. The molecule has 2 aromatic carbocycles. The number of terminal acetylenes is 1. The Balaban J connectivity index is 1.82. The quantitative estimate of drug-likeness (QED) is 0.754. The zero-order valence-corrected chi connectivity index (χ0v) is 10.8. The van der Waals surface area contributed by atoms with Crippen molar-refractivity contribution in [3.05, 3.63) is 65.2 Å². The third-order valence-corrected chi connectivity index (χ3v) is 3.60. The highest BCUT2D eigenvalue weighted by Gasteiger charge is 2.14. The van der Waals surface area contributed by atoms with E-state index in [9.17, 15) is 0 Å². The molecule has 1 aliphatic heterocycles. The van der Waals surface area contributed by atoms with Crippen LogP contribution in [-0.4, -0.2) is 6.61 Å². The van der Waals surface area contributed by atoms with Crippen LogP contribution in [0.4, 0.5) is 0 Å². The van der Waals surface area contributed by atoms with Gasteiger partial charge in [0, 0.05) is 12.3 Å². The van der Waals surface area contributed by atoms with Crippen molar-refractivity contribution in [2.24, 2.45) is 0 Å². The molecule has 1 nitrogen and oxygen atoms in total. The van der Waals surface area contributed by atoms with E-state index < -0.39 is 0 Å². The molecule has 2 aromatic rings. The van der Waals surface area contributed by atoms with E-state index in [4.69, 9.17) is 11.2 Å². The standard InChI is InChI=1S/C18H16O/c1-2-15(16-6-4-3-5-7-16)12-14-8-9-18-17(13-14)10-11-19-18/h1,3-9,13,15H,10-12H2. The fraction of sp³-hybridized carbons (Fsp3) is 0.222. The van der Waals surface area contributed by atoms with E-state index in [1.54, 1.807) is 0 Å². The van der Waals surface area contributed by atoms with Crippen LogP contribution in [0.3, 0.4) is 0 Å². The zero-order valence-electron chi connectivity index (χ0n) is 10.8. The van der Waals surface area contributed by atoms with Gasteiger partial charge in [-0.25, -0.2) is 0 Å². The van der Waals surface area contributed by atoms with Crippen molar-refractivity contribution in [3.63, 3.8) is 0 Å². The van der Waals surface area contributed by atoms with Crippen molar-refractivity contribution in [3.8, 4) is 18.1 Å². The summed E-state index contributed by atoms with van der Waals surface area (Å²) >= 11 is 0. The van der Waals surface area contributed by atoms with Crippen LogP contribution in [0.25, 0.3) is 0 Å². The average molecular weight is 248 g/mol. The van der Waals surface area contributed by atoms with Crippen LogP contribution in [0.5, 0.6) is 5.75 Å². The molecular formula is C18H16O. The lowest BCUT2D eigenvalue weighted by molar-refractivity contribution is 0.357. The molecule has 19 heavy (non-hydrogen) atoms. The first-order valence-electron chi connectivity index (χ1n) is 6.62. The number of ether oxygens (including phenoxy) is 1. The van der Waals surface area contributed by atoms with Gasteiger partial charge in [-0.3, -0.25) is 0 Å². The number of benzene rings is 2. The second-order valence-corrected chi connectivity index (χ2v) is 4.87. The van der Waals surface area contributed by atoms with Gasteiger partial charge in [0.25, 0.3) is 0 Å². The predicted molar refractivity (Wildman–Crippen MR) is 77.4 cm³/mol. The number of rotatable bonds is 3. The second-order valence-electron chi connectivity index (χ2n) is 4.87. The van der Waals surface area contributed by atoms with Gasteiger partial charge in [-0.2, -0.15) is 0 Å². The van der Waals surface area contributed by atoms with Crippen LogP contribution < -0.4 is 4.74 Å². The molecule has 1 heteroatoms. The van der Waals surface area contributed by atoms with Gasteiger partial charge in [0.05, 0.1) is 6.61 Å². The summed E-state index contributed by atoms with van der Waals surface area (Å²) in [4.78, 5) is 0. The van der Waals surface area contributed by atoms with E-state index in [0.717, 1.165) is 25.2 Å². The summed E-state index contributed by atoms with van der Waals surface area (Å²) in [7, 11) is 0. The van der Waals surface area contributed by atoms with Crippen molar-refractivity contribution in [1.82, 2.24) is 0 Å². The topological polar surface area (TPSA) is 9.23 Å². The summed E-state index contributed by atoms with van der Waals surface area (Å²) in [6, 6.07) is 16.7. The van der Waals surface area contributed by atoms with E-state index in [2.05, 4.69) is 36.3 Å². The highest BCUT2D eigenvalue weighted by Crippen LogP contribution is 2.28. The Morgan fingerprint density at radius 1 is 1.16 bits per heavy atom. The first-order chi connectivity index (χ1) is 9.36. The minimum absolute atomic E-state index is 0.140. The summed E-state index contributed by atoms with van der Waals surface area (Å²) in [5.41, 5.74) is 3.80. The average Bonchev–Trinajstić information content (AvgIpc) is 2.93. The van der Waals surface area contributed by atoms with Gasteiger partial charge in [-0.15, -0.1) is 6.42 Å². The Labute approximate surface area is 114 Å². The lowest BCUT2D eigenvalue weighted by Gasteiger charge is -2.12. The second kappa shape index (κ2) is 5.20. The summed E-state index contributed by atoms with van der Waals surface area (Å²) in [5.74, 6) is 4.07. The first-order valence-corrected chi connectivity index (χ1v) is 6.62. The molecule has 0 bridgehead atoms. The van der Waals surface area contributed by atoms with Gasteiger partial charge in [-0.1, -0.05) is 48.4 Å². The number of hydrogen-bond acceptors (Lipinski definition) is 1. The maximum atomic E-state index is 5.69. The van der Waals surface area contributed by atoms with Crippen molar-refractivity contribution in [2.75, 3.05) is 6.61 Å². The molecule has 1 heterocycles. The Bertz CT molecular complexity index is 607. The third-order valence-electron chi connectivity index (χ3n) is 3.60. The smallest absolute Gasteiger partial charge is 0.122 e. The van der Waals surface area contributed by atoms with Gasteiger partial charge in [0.1, 0.15) is 5.75 Å². The Kier molecular flexibility index (Phi) is 3.25. The largest absolute Gasteiger partial charge is 0.493 e. The van der Waals surface area contributed by atoms with Gasteiger partial charge in [-0.05, 0) is 29.2 Å². The van der Waals surface area contributed by atoms with Gasteiger partial charge >= 0.3 is 0 Å². The van der Waals surface area contributed by atoms with Gasteiger partial charge in [0.15, 0.2) is 0 Å². The molecule has 0 radical (unpaired) electrons. The minimum atomic E-state index is 0.140. The van der Waals surface area contributed by atoms with E-state index >= 15 is 0 Å². The number of fused-ring (bicyclic) bond motifs is 1. The summed E-state index contributed by atoms with van der Waals surface area (Å²) < 4.78 is 5.53. The number of hydrogen-bond donors (Lipinski definition) is 0. The molecule has 0 aromatic heterocycles. The Hall–Kier alpha value is -2.20. The van der Waals surface area contributed by atoms with Crippen LogP contribution in [0.2, 0.25) is 0 Å². The maximum absolute atomic E-state index is 5.69. The molecule has 1 unspecified atom stereocenters. The Morgan fingerprint density at radius 2 is 2.00 bits per heavy atom. The van der Waals surface area contributed by atoms with Crippen LogP contribution in [0.1, 0.15) is 22.6 Å². The molecule has 0 N–H and O–H groups in total. The Morgan fingerprint density at radius 3 is 2.79 bits per heavy atom. The zero-order chi connectivity index (χ0) is 13.1. The predicted octanol–water partition coefficient (Wildman–Crippen LogP) is 3.58. The molecular weight excluding hydrogens is 232 g/mol. The first kappa shape index (κ1) is 11.9. The molecule has 1 atom stereocenters. The van der Waals surface area contributed by atoms with E-state index in [-0.39, 0.29) is 5.92 Å². The maximum Gasteiger partial charge on any atom is 0.122 e. The molecule has 0 spiro atoms. The van der Waals surface area contributed by atoms with E-state index in [1.807, 2.05) is 18.2 Å². The van der Waals surface area contributed by atoms with Crippen LogP contribution in [0.15, 0.2) is 48.5 Å². The van der Waals surface area contributed by atoms with Crippen LogP contribution in [-0.2, 0) is 12.8 Å². The molecule has 1 aliphatic rings. The SMILES string of the molecule is C#CC(Cc1ccc2c(c1)CCO2)c1ccccc1. The molecule has 0 fully saturated rings. The van der Waals surface area contributed by atoms with Gasteiger partial charge in [0.2, 0.25) is 0 Å². The molecule has 3 rings (SSSR count). The minimum Gasteiger partial charge on any atom is -0.493 e. The molecule has 94 valence electrons. The van der Waals surface area contributed by atoms with Gasteiger partial charge < -0.3 is 4.74 Å². The highest BCUT2D eigenvalue weighted by atomic mass is 16.5. The summed E-state index contributed by atoms with van der Waals surface area (Å²) in [6.07, 6.45) is 7.58. The summed E-state index contributed by atoms with van der Waals surface area (Å²) in [5, 5.41) is 0. The molecule has 0 saturated heterocycles. The van der Waals surface area contributed by atoms with E-state index in [1.165, 1.54) is 16.7 Å². The van der Waals surface area contributed by atoms with Crippen molar-refractivity contribution >= 4 is 0 Å². The van der Waals surface area contributed by atoms with Crippen LogP contribution >= 0.6 is 0 Å². The monoisotopic (exact) mass is 248 g/mol. The van der Waals surface area contributed by atoms with E-state index in [0.29, 0.717) is 0 Å². The lowest BCUT2D eigenvalue weighted by atomic mass is 9.92. The van der Waals surface area contributed by atoms with Crippen LogP contribution in [0, 0.1) is 12.3 Å². The fourth-order valence-corrected chi connectivity index (χ4v) is 2.56. The fourth-order valence-electron chi connectivity index (χ4n) is 2.56.